The number of anilines is 2. The number of sulfonamides is 1. The fourth-order valence-electron chi connectivity index (χ4n) is 3.27. The molecule has 0 aliphatic carbocycles. The van der Waals surface area contributed by atoms with Crippen LogP contribution in [0.2, 0.25) is 0 Å². The Morgan fingerprint density at radius 2 is 1.85 bits per heavy atom. The molecule has 13 heteroatoms. The monoisotopic (exact) mass is 555 g/mol. The second-order valence-corrected chi connectivity index (χ2v) is 9.68. The molecule has 0 aliphatic heterocycles. The summed E-state index contributed by atoms with van der Waals surface area (Å²) in [7, 11) is -4.96. The standard InChI is InChI=1S/C21H17BrF3N5O3S/c1-11(12-2-5-14(23)6-3-12)33-17-8-13(4-7-16(17)29-34(31,32)21(24)25)15-9-28-30-18(22)10-27-20(26)19(15)30/h2-11,21,29H,1H3,(H2,26,27)/t11-/m0/s1. The molecule has 0 radical (unpaired) electrons. The molecule has 2 aromatic heterocycles. The Balaban J connectivity index is 1.80. The van der Waals surface area contributed by atoms with Crippen LogP contribution in [0.25, 0.3) is 16.6 Å². The molecule has 4 aromatic rings. The van der Waals surface area contributed by atoms with Gasteiger partial charge in [0.2, 0.25) is 0 Å². The van der Waals surface area contributed by atoms with Crippen molar-refractivity contribution in [3.05, 3.63) is 70.8 Å². The Bertz CT molecular complexity index is 1460. The second kappa shape index (κ2) is 9.14. The minimum Gasteiger partial charge on any atom is -0.484 e. The van der Waals surface area contributed by atoms with E-state index in [1.54, 1.807) is 6.92 Å². The number of halogens is 4. The summed E-state index contributed by atoms with van der Waals surface area (Å²) in [5.74, 6) is -3.91. The average Bonchev–Trinajstić information content (AvgIpc) is 3.24. The van der Waals surface area contributed by atoms with Crippen LogP contribution >= 0.6 is 15.9 Å². The van der Waals surface area contributed by atoms with E-state index in [-0.39, 0.29) is 17.3 Å². The number of hydrogen-bond donors (Lipinski definition) is 2. The summed E-state index contributed by atoms with van der Waals surface area (Å²) in [6.45, 7) is 1.65. The lowest BCUT2D eigenvalue weighted by atomic mass is 10.1. The van der Waals surface area contributed by atoms with Gasteiger partial charge >= 0.3 is 5.76 Å². The zero-order valence-corrected chi connectivity index (χ0v) is 19.8. The Morgan fingerprint density at radius 1 is 1.15 bits per heavy atom. The van der Waals surface area contributed by atoms with Crippen molar-refractivity contribution in [2.24, 2.45) is 0 Å². The van der Waals surface area contributed by atoms with Crippen molar-refractivity contribution in [2.75, 3.05) is 10.5 Å². The molecular formula is C21H17BrF3N5O3S. The van der Waals surface area contributed by atoms with E-state index in [9.17, 15) is 21.6 Å². The first-order chi connectivity index (χ1) is 16.1. The van der Waals surface area contributed by atoms with Crippen molar-refractivity contribution in [2.45, 2.75) is 18.8 Å². The minimum absolute atomic E-state index is 0.0283. The first-order valence-electron chi connectivity index (χ1n) is 9.71. The summed E-state index contributed by atoms with van der Waals surface area (Å²) < 4.78 is 72.7. The number of alkyl halides is 2. The van der Waals surface area contributed by atoms with Gasteiger partial charge in [-0.2, -0.15) is 13.9 Å². The molecule has 34 heavy (non-hydrogen) atoms. The minimum atomic E-state index is -4.96. The number of aromatic nitrogens is 3. The smallest absolute Gasteiger partial charge is 0.355 e. The zero-order valence-electron chi connectivity index (χ0n) is 17.4. The van der Waals surface area contributed by atoms with Gasteiger partial charge in [-0.05, 0) is 58.2 Å². The highest BCUT2D eigenvalue weighted by Gasteiger charge is 2.26. The molecule has 0 saturated heterocycles. The van der Waals surface area contributed by atoms with Gasteiger partial charge in [0.1, 0.15) is 33.6 Å². The number of rotatable bonds is 7. The molecule has 0 bridgehead atoms. The van der Waals surface area contributed by atoms with Gasteiger partial charge in [-0.3, -0.25) is 4.72 Å². The Kier molecular flexibility index (Phi) is 6.41. The summed E-state index contributed by atoms with van der Waals surface area (Å²) in [6, 6.07) is 9.78. The van der Waals surface area contributed by atoms with Crippen molar-refractivity contribution < 1.29 is 26.3 Å². The summed E-state index contributed by atoms with van der Waals surface area (Å²) >= 11 is 3.34. The Morgan fingerprint density at radius 3 is 2.53 bits per heavy atom. The molecule has 0 spiro atoms. The van der Waals surface area contributed by atoms with Gasteiger partial charge in [0.15, 0.2) is 0 Å². The highest BCUT2D eigenvalue weighted by atomic mass is 79.9. The second-order valence-electron chi connectivity index (χ2n) is 7.22. The largest absolute Gasteiger partial charge is 0.484 e. The molecular weight excluding hydrogens is 539 g/mol. The first kappa shape index (κ1) is 23.8. The summed E-state index contributed by atoms with van der Waals surface area (Å²) in [5.41, 5.74) is 7.97. The zero-order chi connectivity index (χ0) is 24.6. The molecule has 1 atom stereocenters. The summed E-state index contributed by atoms with van der Waals surface area (Å²) in [5, 5.41) is 4.27. The fourth-order valence-corrected chi connectivity index (χ4v) is 4.20. The molecule has 0 unspecified atom stereocenters. The van der Waals surface area contributed by atoms with Crippen LogP contribution in [0.1, 0.15) is 18.6 Å². The van der Waals surface area contributed by atoms with E-state index in [0.717, 1.165) is 0 Å². The highest BCUT2D eigenvalue weighted by Crippen LogP contribution is 2.37. The number of fused-ring (bicyclic) bond motifs is 1. The van der Waals surface area contributed by atoms with E-state index in [2.05, 4.69) is 26.0 Å². The third-order valence-electron chi connectivity index (χ3n) is 4.95. The van der Waals surface area contributed by atoms with Crippen LogP contribution in [0.15, 0.2) is 59.5 Å². The number of hydrogen-bond acceptors (Lipinski definition) is 6. The van der Waals surface area contributed by atoms with Gasteiger partial charge < -0.3 is 10.5 Å². The molecule has 0 fully saturated rings. The van der Waals surface area contributed by atoms with E-state index in [4.69, 9.17) is 10.5 Å². The number of nitrogens with two attached hydrogens (primary N) is 1. The van der Waals surface area contributed by atoms with Crippen LogP contribution in [0, 0.1) is 5.82 Å². The third-order valence-corrected chi connectivity index (χ3v) is 6.46. The maximum Gasteiger partial charge on any atom is 0.355 e. The van der Waals surface area contributed by atoms with E-state index >= 15 is 0 Å². The van der Waals surface area contributed by atoms with Crippen molar-refractivity contribution in [1.82, 2.24) is 14.6 Å². The lowest BCUT2D eigenvalue weighted by Crippen LogP contribution is -2.21. The van der Waals surface area contributed by atoms with E-state index in [1.807, 2.05) is 4.72 Å². The number of benzene rings is 2. The maximum atomic E-state index is 13.3. The molecule has 3 N–H and O–H groups in total. The van der Waals surface area contributed by atoms with Crippen LogP contribution < -0.4 is 15.2 Å². The molecule has 4 rings (SSSR count). The summed E-state index contributed by atoms with van der Waals surface area (Å²) in [4.78, 5) is 4.10. The van der Waals surface area contributed by atoms with E-state index in [1.165, 1.54) is 59.4 Å². The van der Waals surface area contributed by atoms with Crippen LogP contribution in [0.3, 0.4) is 0 Å². The fraction of sp³-hybridized carbons (Fsp3) is 0.143. The molecule has 2 heterocycles. The first-order valence-corrected chi connectivity index (χ1v) is 12.0. The van der Waals surface area contributed by atoms with Gasteiger partial charge in [-0.15, -0.1) is 0 Å². The van der Waals surface area contributed by atoms with Crippen molar-refractivity contribution in [3.8, 4) is 16.9 Å². The van der Waals surface area contributed by atoms with Crippen molar-refractivity contribution in [3.63, 3.8) is 0 Å². The van der Waals surface area contributed by atoms with E-state index in [0.29, 0.717) is 26.8 Å². The molecule has 178 valence electrons. The van der Waals surface area contributed by atoms with E-state index < -0.39 is 27.7 Å². The topological polar surface area (TPSA) is 112 Å². The predicted molar refractivity (Wildman–Crippen MR) is 125 cm³/mol. The lowest BCUT2D eigenvalue weighted by Gasteiger charge is -2.19. The van der Waals surface area contributed by atoms with Gasteiger partial charge in [0, 0.05) is 5.56 Å². The molecule has 2 aromatic carbocycles. The Hall–Kier alpha value is -3.32. The molecule has 0 aliphatic rings. The molecule has 8 nitrogen and oxygen atoms in total. The highest BCUT2D eigenvalue weighted by molar-refractivity contribution is 9.10. The normalized spacial score (nSPS) is 12.8. The SMILES string of the molecule is C[C@H](Oc1cc(-c2cnn3c(Br)cnc(N)c23)ccc1NS(=O)(=O)C(F)F)c1ccc(F)cc1. The number of nitrogens with one attached hydrogen (secondary N) is 1. The van der Waals surface area contributed by atoms with Crippen molar-refractivity contribution in [1.29, 1.82) is 0 Å². The van der Waals surface area contributed by atoms with Gasteiger partial charge in [0.05, 0.1) is 18.1 Å². The molecule has 0 amide bonds. The quantitative estimate of drug-likeness (QED) is 0.332. The van der Waals surface area contributed by atoms with Crippen LogP contribution in [-0.4, -0.2) is 28.8 Å². The Labute approximate surface area is 200 Å². The number of ether oxygens (including phenoxy) is 1. The van der Waals surface area contributed by atoms with Crippen molar-refractivity contribution >= 4 is 43.0 Å². The third kappa shape index (κ3) is 4.66. The number of nitrogen functional groups attached to an aromatic ring is 1. The van der Waals surface area contributed by atoms with Crippen LogP contribution in [-0.2, 0) is 10.0 Å². The predicted octanol–water partition coefficient (Wildman–Crippen LogP) is 4.98. The van der Waals surface area contributed by atoms with Crippen LogP contribution in [0.5, 0.6) is 5.75 Å². The molecule has 0 saturated carbocycles. The van der Waals surface area contributed by atoms with Gasteiger partial charge in [-0.1, -0.05) is 18.2 Å². The van der Waals surface area contributed by atoms with Crippen LogP contribution in [0.4, 0.5) is 24.7 Å². The van der Waals surface area contributed by atoms with Gasteiger partial charge in [-0.25, -0.2) is 22.3 Å². The lowest BCUT2D eigenvalue weighted by molar-refractivity contribution is 0.228. The maximum absolute atomic E-state index is 13.3. The van der Waals surface area contributed by atoms with Gasteiger partial charge in [0.25, 0.3) is 10.0 Å². The average molecular weight is 556 g/mol. The summed E-state index contributed by atoms with van der Waals surface area (Å²) in [6.07, 6.45) is 2.35. The number of nitrogens with zero attached hydrogens (tertiary/aromatic N) is 3.